The van der Waals surface area contributed by atoms with E-state index in [2.05, 4.69) is 5.32 Å². The molecular formula is C26H27N3O4. The second-order valence-electron chi connectivity index (χ2n) is 8.28. The van der Waals surface area contributed by atoms with Crippen LogP contribution in [0.1, 0.15) is 41.2 Å². The number of ether oxygens (including phenoxy) is 1. The minimum atomic E-state index is -1.20. The lowest BCUT2D eigenvalue weighted by Crippen LogP contribution is -2.41. The predicted molar refractivity (Wildman–Crippen MR) is 125 cm³/mol. The Hall–Kier alpha value is -3.87. The summed E-state index contributed by atoms with van der Waals surface area (Å²) in [5.41, 5.74) is 2.49. The van der Waals surface area contributed by atoms with Crippen LogP contribution in [0.4, 0.5) is 4.79 Å². The molecule has 33 heavy (non-hydrogen) atoms. The van der Waals surface area contributed by atoms with E-state index in [9.17, 15) is 14.4 Å². The first kappa shape index (κ1) is 22.3. The van der Waals surface area contributed by atoms with Crippen LogP contribution in [0.25, 0.3) is 5.69 Å². The summed E-state index contributed by atoms with van der Waals surface area (Å²) in [5, 5.41) is 2.74. The molecule has 170 valence electrons. The SMILES string of the molecule is CCOc1ccc(-n2c(C)cc(C(=O)CN3C(=O)NC(C)(c4ccccc4)C3=O)c2C)cc1. The molecule has 7 nitrogen and oxygen atoms in total. The van der Waals surface area contributed by atoms with E-state index in [-0.39, 0.29) is 12.3 Å². The van der Waals surface area contributed by atoms with Gasteiger partial charge in [0, 0.05) is 22.6 Å². The van der Waals surface area contributed by atoms with Gasteiger partial charge in [0.2, 0.25) is 0 Å². The molecule has 1 aromatic heterocycles. The molecular weight excluding hydrogens is 418 g/mol. The Morgan fingerprint density at radius 3 is 2.33 bits per heavy atom. The molecule has 1 atom stereocenters. The van der Waals surface area contributed by atoms with Crippen molar-refractivity contribution >= 4 is 17.7 Å². The van der Waals surface area contributed by atoms with Crippen molar-refractivity contribution in [2.75, 3.05) is 13.2 Å². The molecule has 7 heteroatoms. The van der Waals surface area contributed by atoms with Gasteiger partial charge in [-0.05, 0) is 63.6 Å². The molecule has 1 N–H and O–H groups in total. The molecule has 4 rings (SSSR count). The van der Waals surface area contributed by atoms with Gasteiger partial charge in [0.1, 0.15) is 11.3 Å². The highest BCUT2D eigenvalue weighted by molar-refractivity contribution is 6.11. The van der Waals surface area contributed by atoms with E-state index < -0.39 is 17.5 Å². The van der Waals surface area contributed by atoms with Crippen molar-refractivity contribution in [1.82, 2.24) is 14.8 Å². The van der Waals surface area contributed by atoms with Crippen molar-refractivity contribution in [3.63, 3.8) is 0 Å². The maximum atomic E-state index is 13.2. The van der Waals surface area contributed by atoms with Crippen molar-refractivity contribution in [1.29, 1.82) is 0 Å². The van der Waals surface area contributed by atoms with E-state index >= 15 is 0 Å². The smallest absolute Gasteiger partial charge is 0.325 e. The van der Waals surface area contributed by atoms with Crippen LogP contribution < -0.4 is 10.1 Å². The van der Waals surface area contributed by atoms with Crippen LogP contribution in [-0.4, -0.2) is 40.3 Å². The van der Waals surface area contributed by atoms with Gasteiger partial charge in [-0.15, -0.1) is 0 Å². The van der Waals surface area contributed by atoms with Crippen LogP contribution in [-0.2, 0) is 10.3 Å². The van der Waals surface area contributed by atoms with Crippen molar-refractivity contribution < 1.29 is 19.1 Å². The second-order valence-corrected chi connectivity index (χ2v) is 8.28. The number of hydrogen-bond acceptors (Lipinski definition) is 4. The lowest BCUT2D eigenvalue weighted by atomic mass is 9.92. The van der Waals surface area contributed by atoms with Crippen molar-refractivity contribution in [2.24, 2.45) is 0 Å². The monoisotopic (exact) mass is 445 g/mol. The number of nitrogens with one attached hydrogen (secondary N) is 1. The molecule has 0 saturated carbocycles. The number of aromatic nitrogens is 1. The normalized spacial score (nSPS) is 17.9. The number of urea groups is 1. The Morgan fingerprint density at radius 1 is 1.03 bits per heavy atom. The summed E-state index contributed by atoms with van der Waals surface area (Å²) in [6, 6.07) is 17.9. The first-order chi connectivity index (χ1) is 15.8. The Balaban J connectivity index is 1.58. The highest BCUT2D eigenvalue weighted by Gasteiger charge is 2.49. The minimum Gasteiger partial charge on any atom is -0.494 e. The lowest BCUT2D eigenvalue weighted by Gasteiger charge is -2.22. The highest BCUT2D eigenvalue weighted by Crippen LogP contribution is 2.29. The number of rotatable bonds is 7. The van der Waals surface area contributed by atoms with E-state index in [1.54, 1.807) is 25.1 Å². The van der Waals surface area contributed by atoms with E-state index in [0.29, 0.717) is 17.7 Å². The first-order valence-corrected chi connectivity index (χ1v) is 10.9. The number of benzene rings is 2. The third-order valence-electron chi connectivity index (χ3n) is 6.07. The van der Waals surface area contributed by atoms with Crippen molar-refractivity contribution in [3.8, 4) is 11.4 Å². The quantitative estimate of drug-likeness (QED) is 0.438. The van der Waals surface area contributed by atoms with Crippen LogP contribution in [0.2, 0.25) is 0 Å². The van der Waals surface area contributed by atoms with Gasteiger partial charge < -0.3 is 14.6 Å². The average Bonchev–Trinajstić information content (AvgIpc) is 3.22. The molecule has 1 unspecified atom stereocenters. The number of hydrogen-bond donors (Lipinski definition) is 1. The molecule has 3 amide bonds. The summed E-state index contributed by atoms with van der Waals surface area (Å²) in [7, 11) is 0. The lowest BCUT2D eigenvalue weighted by molar-refractivity contribution is -0.130. The Bertz CT molecular complexity index is 1210. The van der Waals surface area contributed by atoms with E-state index in [0.717, 1.165) is 27.7 Å². The third-order valence-corrected chi connectivity index (χ3v) is 6.07. The van der Waals surface area contributed by atoms with Gasteiger partial charge in [-0.2, -0.15) is 0 Å². The van der Waals surface area contributed by atoms with Crippen LogP contribution in [0.3, 0.4) is 0 Å². The fourth-order valence-corrected chi connectivity index (χ4v) is 4.34. The largest absolute Gasteiger partial charge is 0.494 e. The van der Waals surface area contributed by atoms with Gasteiger partial charge in [0.15, 0.2) is 5.78 Å². The predicted octanol–water partition coefficient (Wildman–Crippen LogP) is 4.14. The zero-order chi connectivity index (χ0) is 23.8. The Labute approximate surface area is 193 Å². The molecule has 2 heterocycles. The van der Waals surface area contributed by atoms with Gasteiger partial charge in [0.05, 0.1) is 13.2 Å². The van der Waals surface area contributed by atoms with Crippen molar-refractivity contribution in [2.45, 2.75) is 33.2 Å². The topological polar surface area (TPSA) is 80.6 Å². The Morgan fingerprint density at radius 2 is 1.70 bits per heavy atom. The van der Waals surface area contributed by atoms with Gasteiger partial charge in [-0.3, -0.25) is 14.5 Å². The molecule has 0 radical (unpaired) electrons. The molecule has 1 aliphatic rings. The fraction of sp³-hybridized carbons (Fsp3) is 0.269. The van der Waals surface area contributed by atoms with Gasteiger partial charge in [-0.25, -0.2) is 4.79 Å². The minimum absolute atomic E-state index is 0.291. The zero-order valence-electron chi connectivity index (χ0n) is 19.2. The van der Waals surface area contributed by atoms with E-state index in [1.807, 2.05) is 67.8 Å². The number of imide groups is 1. The number of Topliss-reactive ketones (excluding diaryl/α,β-unsaturated/α-hetero) is 1. The number of carbonyl (C=O) groups is 3. The summed E-state index contributed by atoms with van der Waals surface area (Å²) < 4.78 is 7.48. The summed E-state index contributed by atoms with van der Waals surface area (Å²) in [4.78, 5) is 40.0. The first-order valence-electron chi connectivity index (χ1n) is 10.9. The summed E-state index contributed by atoms with van der Waals surface area (Å²) >= 11 is 0. The van der Waals surface area contributed by atoms with Crippen LogP contribution in [0.5, 0.6) is 5.75 Å². The third kappa shape index (κ3) is 3.91. The number of amides is 3. The zero-order valence-corrected chi connectivity index (χ0v) is 19.2. The average molecular weight is 446 g/mol. The number of nitrogens with zero attached hydrogens (tertiary/aromatic N) is 2. The van der Waals surface area contributed by atoms with Crippen molar-refractivity contribution in [3.05, 3.63) is 83.2 Å². The fourth-order valence-electron chi connectivity index (χ4n) is 4.34. The summed E-state index contributed by atoms with van der Waals surface area (Å²) in [5.74, 6) is 0.0495. The molecule has 1 aliphatic heterocycles. The number of carbonyl (C=O) groups excluding carboxylic acids is 3. The van der Waals surface area contributed by atoms with Crippen LogP contribution >= 0.6 is 0 Å². The number of ketones is 1. The maximum absolute atomic E-state index is 13.2. The molecule has 3 aromatic rings. The molecule has 0 bridgehead atoms. The second kappa shape index (κ2) is 8.58. The molecule has 1 saturated heterocycles. The number of aryl methyl sites for hydroxylation is 1. The standard InChI is InChI=1S/C26H27N3O4/c1-5-33-21-13-11-20(12-14-21)29-17(2)15-22(18(29)3)23(30)16-28-24(31)26(4,27-25(28)32)19-9-7-6-8-10-19/h6-15H,5,16H2,1-4H3,(H,27,32). The summed E-state index contributed by atoms with van der Waals surface area (Å²) in [6.07, 6.45) is 0. The highest BCUT2D eigenvalue weighted by atomic mass is 16.5. The van der Waals surface area contributed by atoms with E-state index in [4.69, 9.17) is 4.74 Å². The summed E-state index contributed by atoms with van der Waals surface area (Å²) in [6.45, 7) is 7.63. The van der Waals surface area contributed by atoms with Gasteiger partial charge in [-0.1, -0.05) is 30.3 Å². The van der Waals surface area contributed by atoms with Gasteiger partial charge in [0.25, 0.3) is 5.91 Å². The maximum Gasteiger partial charge on any atom is 0.325 e. The van der Waals surface area contributed by atoms with Gasteiger partial charge >= 0.3 is 6.03 Å². The van der Waals surface area contributed by atoms with Crippen LogP contribution in [0.15, 0.2) is 60.7 Å². The van der Waals surface area contributed by atoms with Crippen LogP contribution in [0, 0.1) is 13.8 Å². The molecule has 0 aliphatic carbocycles. The molecule has 1 fully saturated rings. The Kier molecular flexibility index (Phi) is 5.80. The molecule has 2 aromatic carbocycles. The molecule has 0 spiro atoms. The van der Waals surface area contributed by atoms with E-state index in [1.165, 1.54) is 0 Å².